The maximum Gasteiger partial charge on any atom is 0.280 e. The van der Waals surface area contributed by atoms with Crippen LogP contribution in [0.5, 0.6) is 0 Å². The van der Waals surface area contributed by atoms with Crippen LogP contribution in [-0.2, 0) is 6.54 Å². The van der Waals surface area contributed by atoms with Gasteiger partial charge in [-0.1, -0.05) is 18.2 Å². The van der Waals surface area contributed by atoms with Gasteiger partial charge in [0.25, 0.3) is 5.91 Å². The molecule has 0 saturated carbocycles. The van der Waals surface area contributed by atoms with Crippen molar-refractivity contribution in [2.45, 2.75) is 20.4 Å². The summed E-state index contributed by atoms with van der Waals surface area (Å²) in [5, 5.41) is 3.08. The van der Waals surface area contributed by atoms with Gasteiger partial charge in [-0.15, -0.1) is 11.3 Å². The molecule has 5 heteroatoms. The Morgan fingerprint density at radius 3 is 2.72 bits per heavy atom. The van der Waals surface area contributed by atoms with Gasteiger partial charge in [0.15, 0.2) is 5.01 Å². The molecule has 1 amide bonds. The predicted octanol–water partition coefficient (Wildman–Crippen LogP) is 2.83. The van der Waals surface area contributed by atoms with Crippen LogP contribution in [0.1, 0.15) is 25.9 Å². The van der Waals surface area contributed by atoms with Crippen LogP contribution in [0.2, 0.25) is 0 Å². The third-order valence-electron chi connectivity index (χ3n) is 2.62. The number of amides is 1. The van der Waals surface area contributed by atoms with Gasteiger partial charge in [0.1, 0.15) is 5.82 Å². The quantitative estimate of drug-likeness (QED) is 0.926. The van der Waals surface area contributed by atoms with Crippen LogP contribution >= 0.6 is 11.3 Å². The average Bonchev–Trinajstić information content (AvgIpc) is 2.68. The van der Waals surface area contributed by atoms with Gasteiger partial charge in [0.2, 0.25) is 0 Å². The first kappa shape index (κ1) is 12.7. The van der Waals surface area contributed by atoms with E-state index in [1.807, 2.05) is 13.8 Å². The minimum atomic E-state index is -0.315. The van der Waals surface area contributed by atoms with Crippen LogP contribution in [0.4, 0.5) is 4.39 Å². The molecule has 1 aromatic carbocycles. The fraction of sp³-hybridized carbons (Fsp3) is 0.231. The number of aromatic nitrogens is 1. The number of thiazole rings is 1. The van der Waals surface area contributed by atoms with E-state index in [1.165, 1.54) is 17.4 Å². The van der Waals surface area contributed by atoms with Crippen molar-refractivity contribution < 1.29 is 9.18 Å². The van der Waals surface area contributed by atoms with Crippen molar-refractivity contribution in [3.63, 3.8) is 0 Å². The Kier molecular flexibility index (Phi) is 3.72. The lowest BCUT2D eigenvalue weighted by molar-refractivity contribution is 0.0950. The molecule has 0 aliphatic rings. The highest BCUT2D eigenvalue weighted by atomic mass is 32.1. The van der Waals surface area contributed by atoms with Gasteiger partial charge in [-0.2, -0.15) is 0 Å². The van der Waals surface area contributed by atoms with Gasteiger partial charge in [-0.3, -0.25) is 4.79 Å². The molecule has 0 spiro atoms. The standard InChI is InChI=1S/C13H13FN2OS/c1-8-9(2)18-13(16-8)12(17)15-7-10-5-3-4-6-11(10)14/h3-6H,7H2,1-2H3,(H,15,17). The maximum absolute atomic E-state index is 13.3. The Bertz CT molecular complexity index is 561. The van der Waals surface area contributed by atoms with E-state index in [-0.39, 0.29) is 18.3 Å². The van der Waals surface area contributed by atoms with Gasteiger partial charge in [-0.05, 0) is 19.9 Å². The van der Waals surface area contributed by atoms with Gasteiger partial charge >= 0.3 is 0 Å². The van der Waals surface area contributed by atoms with Gasteiger partial charge < -0.3 is 5.32 Å². The fourth-order valence-corrected chi connectivity index (χ4v) is 2.29. The van der Waals surface area contributed by atoms with Crippen LogP contribution < -0.4 is 5.32 Å². The molecule has 1 aromatic heterocycles. The summed E-state index contributed by atoms with van der Waals surface area (Å²) in [6, 6.07) is 6.38. The van der Waals surface area contributed by atoms with Crippen LogP contribution in [0.15, 0.2) is 24.3 Å². The minimum absolute atomic E-state index is 0.170. The number of nitrogens with zero attached hydrogens (tertiary/aromatic N) is 1. The summed E-state index contributed by atoms with van der Waals surface area (Å²) in [5.74, 6) is -0.580. The summed E-state index contributed by atoms with van der Waals surface area (Å²) < 4.78 is 13.3. The van der Waals surface area contributed by atoms with Crippen LogP contribution in [-0.4, -0.2) is 10.9 Å². The fourth-order valence-electron chi connectivity index (χ4n) is 1.46. The summed E-state index contributed by atoms with van der Waals surface area (Å²) in [6.07, 6.45) is 0. The van der Waals surface area contributed by atoms with E-state index in [4.69, 9.17) is 0 Å². The number of rotatable bonds is 3. The molecule has 0 aliphatic heterocycles. The van der Waals surface area contributed by atoms with E-state index in [9.17, 15) is 9.18 Å². The Morgan fingerprint density at radius 2 is 2.11 bits per heavy atom. The van der Waals surface area contributed by atoms with Gasteiger partial charge in [0.05, 0.1) is 5.69 Å². The zero-order chi connectivity index (χ0) is 13.1. The molecule has 2 rings (SSSR count). The highest BCUT2D eigenvalue weighted by Crippen LogP contribution is 2.16. The second-order valence-corrected chi connectivity index (χ2v) is 5.14. The summed E-state index contributed by atoms with van der Waals surface area (Å²) in [7, 11) is 0. The van der Waals surface area contributed by atoms with Crippen molar-refractivity contribution >= 4 is 17.2 Å². The molecule has 2 aromatic rings. The topological polar surface area (TPSA) is 42.0 Å². The molecule has 94 valence electrons. The van der Waals surface area contributed by atoms with E-state index in [1.54, 1.807) is 18.2 Å². The summed E-state index contributed by atoms with van der Waals surface area (Å²) in [4.78, 5) is 17.0. The summed E-state index contributed by atoms with van der Waals surface area (Å²) >= 11 is 1.34. The largest absolute Gasteiger partial charge is 0.346 e. The normalized spacial score (nSPS) is 10.4. The highest BCUT2D eigenvalue weighted by molar-refractivity contribution is 7.13. The number of hydrogen-bond donors (Lipinski definition) is 1. The van der Waals surface area contributed by atoms with Crippen LogP contribution in [0.25, 0.3) is 0 Å². The Morgan fingerprint density at radius 1 is 1.39 bits per heavy atom. The van der Waals surface area contributed by atoms with Crippen molar-refractivity contribution in [1.29, 1.82) is 0 Å². The number of aryl methyl sites for hydroxylation is 2. The summed E-state index contributed by atoms with van der Waals surface area (Å²) in [5.41, 5.74) is 1.33. The molecule has 3 nitrogen and oxygen atoms in total. The molecule has 0 atom stereocenters. The molecule has 0 radical (unpaired) electrons. The van der Waals surface area contributed by atoms with Crippen molar-refractivity contribution in [3.05, 3.63) is 51.2 Å². The number of benzene rings is 1. The van der Waals surface area contributed by atoms with E-state index in [2.05, 4.69) is 10.3 Å². The van der Waals surface area contributed by atoms with E-state index >= 15 is 0 Å². The lowest BCUT2D eigenvalue weighted by Gasteiger charge is -2.04. The Hall–Kier alpha value is -1.75. The number of carbonyl (C=O) groups is 1. The second-order valence-electron chi connectivity index (χ2n) is 3.93. The lowest BCUT2D eigenvalue weighted by Crippen LogP contribution is -2.23. The SMILES string of the molecule is Cc1nc(C(=O)NCc2ccccc2F)sc1C. The average molecular weight is 264 g/mol. The van der Waals surface area contributed by atoms with Crippen molar-refractivity contribution in [3.8, 4) is 0 Å². The number of carbonyl (C=O) groups excluding carboxylic acids is 1. The third-order valence-corrected chi connectivity index (χ3v) is 3.69. The van der Waals surface area contributed by atoms with Crippen molar-refractivity contribution in [1.82, 2.24) is 10.3 Å². The molecule has 0 fully saturated rings. The molecular weight excluding hydrogens is 251 g/mol. The predicted molar refractivity (Wildman–Crippen MR) is 69.2 cm³/mol. The molecule has 0 saturated heterocycles. The number of nitrogens with one attached hydrogen (secondary N) is 1. The van der Waals surface area contributed by atoms with Crippen LogP contribution in [0, 0.1) is 19.7 Å². The Labute approximate surface area is 109 Å². The molecule has 1 heterocycles. The lowest BCUT2D eigenvalue weighted by atomic mass is 10.2. The highest BCUT2D eigenvalue weighted by Gasteiger charge is 2.12. The first-order valence-corrected chi connectivity index (χ1v) is 6.35. The molecule has 1 N–H and O–H groups in total. The third kappa shape index (κ3) is 2.73. The Balaban J connectivity index is 2.03. The molecule has 0 unspecified atom stereocenters. The molecular formula is C13H13FN2OS. The molecule has 0 aliphatic carbocycles. The van der Waals surface area contributed by atoms with Gasteiger partial charge in [-0.25, -0.2) is 9.37 Å². The zero-order valence-corrected chi connectivity index (χ0v) is 11.0. The smallest absolute Gasteiger partial charge is 0.280 e. The molecule has 18 heavy (non-hydrogen) atoms. The van der Waals surface area contributed by atoms with Crippen molar-refractivity contribution in [2.75, 3.05) is 0 Å². The van der Waals surface area contributed by atoms with E-state index in [0.717, 1.165) is 10.6 Å². The molecule has 0 bridgehead atoms. The van der Waals surface area contributed by atoms with E-state index < -0.39 is 0 Å². The number of halogens is 1. The summed E-state index contributed by atoms with van der Waals surface area (Å²) in [6.45, 7) is 3.95. The number of hydrogen-bond acceptors (Lipinski definition) is 3. The van der Waals surface area contributed by atoms with Crippen molar-refractivity contribution in [2.24, 2.45) is 0 Å². The van der Waals surface area contributed by atoms with Crippen LogP contribution in [0.3, 0.4) is 0 Å². The minimum Gasteiger partial charge on any atom is -0.346 e. The second kappa shape index (κ2) is 5.27. The monoisotopic (exact) mass is 264 g/mol. The van der Waals surface area contributed by atoms with Gasteiger partial charge in [0, 0.05) is 17.0 Å². The maximum atomic E-state index is 13.3. The zero-order valence-electron chi connectivity index (χ0n) is 10.2. The first-order chi connectivity index (χ1) is 8.58. The first-order valence-electron chi connectivity index (χ1n) is 5.53. The van der Waals surface area contributed by atoms with E-state index in [0.29, 0.717) is 10.6 Å².